The van der Waals surface area contributed by atoms with Crippen LogP contribution in [0.5, 0.6) is 0 Å². The van der Waals surface area contributed by atoms with Gasteiger partial charge in [0, 0.05) is 6.54 Å². The fourth-order valence-corrected chi connectivity index (χ4v) is 1.45. The van der Waals surface area contributed by atoms with Crippen molar-refractivity contribution in [3.63, 3.8) is 0 Å². The predicted molar refractivity (Wildman–Crippen MR) is 60.8 cm³/mol. The Morgan fingerprint density at radius 2 is 1.95 bits per heavy atom. The van der Waals surface area contributed by atoms with Gasteiger partial charge in [0.2, 0.25) is 5.91 Å². The molecule has 0 radical (unpaired) electrons. The fourth-order valence-electron chi connectivity index (χ4n) is 1.45. The molecule has 0 saturated heterocycles. The van der Waals surface area contributed by atoms with Crippen LogP contribution in [0.3, 0.4) is 0 Å². The predicted octanol–water partition coefficient (Wildman–Crippen LogP) is 2.00. The minimum atomic E-state index is -4.52. The fraction of sp³-hybridized carbons (Fsp3) is 0.333. The van der Waals surface area contributed by atoms with Gasteiger partial charge in [-0.05, 0) is 24.1 Å². The number of carbonyl (C=O) groups is 2. The maximum absolute atomic E-state index is 11.9. The van der Waals surface area contributed by atoms with Crippen LogP contribution in [0, 0.1) is 0 Å². The summed E-state index contributed by atoms with van der Waals surface area (Å²) in [6, 6.07) is 6.00. The second kappa shape index (κ2) is 6.21. The van der Waals surface area contributed by atoms with E-state index >= 15 is 0 Å². The van der Waals surface area contributed by atoms with E-state index in [0.717, 1.165) is 0 Å². The minimum absolute atomic E-state index is 0.0258. The van der Waals surface area contributed by atoms with Crippen molar-refractivity contribution < 1.29 is 27.9 Å². The molecule has 0 unspecified atom stereocenters. The van der Waals surface area contributed by atoms with E-state index in [9.17, 15) is 22.8 Å². The summed E-state index contributed by atoms with van der Waals surface area (Å²) in [5.74, 6) is -2.18. The van der Waals surface area contributed by atoms with E-state index in [1.807, 2.05) is 0 Å². The number of alkyl halides is 3. The number of nitrogens with one attached hydrogen (secondary N) is 1. The van der Waals surface area contributed by atoms with Crippen molar-refractivity contribution in [2.75, 3.05) is 6.54 Å². The Morgan fingerprint density at radius 1 is 1.26 bits per heavy atom. The highest BCUT2D eigenvalue weighted by molar-refractivity contribution is 5.87. The SMILES string of the molecule is O=C(CC(F)(F)F)NCCc1cccc(C(=O)O)c1. The van der Waals surface area contributed by atoms with Crippen molar-refractivity contribution in [3.05, 3.63) is 35.4 Å². The number of carboxylic acids is 1. The van der Waals surface area contributed by atoms with E-state index in [2.05, 4.69) is 5.32 Å². The number of carbonyl (C=O) groups excluding carboxylic acids is 1. The third-order valence-electron chi connectivity index (χ3n) is 2.27. The number of benzene rings is 1. The molecule has 0 saturated carbocycles. The number of aromatic carboxylic acids is 1. The summed E-state index contributed by atoms with van der Waals surface area (Å²) in [7, 11) is 0. The van der Waals surface area contributed by atoms with Crippen LogP contribution in [-0.4, -0.2) is 29.7 Å². The standard InChI is InChI=1S/C12H12F3NO3/c13-12(14,15)7-10(17)16-5-4-8-2-1-3-9(6-8)11(18)19/h1-3,6H,4-5,7H2,(H,16,17)(H,18,19). The molecule has 0 aliphatic carbocycles. The molecule has 0 atom stereocenters. The molecule has 19 heavy (non-hydrogen) atoms. The monoisotopic (exact) mass is 275 g/mol. The van der Waals surface area contributed by atoms with E-state index in [-0.39, 0.29) is 18.5 Å². The molecular formula is C12H12F3NO3. The normalized spacial score (nSPS) is 11.1. The Bertz CT molecular complexity index is 472. The van der Waals surface area contributed by atoms with E-state index < -0.39 is 24.5 Å². The lowest BCUT2D eigenvalue weighted by Crippen LogP contribution is -2.30. The molecule has 104 valence electrons. The van der Waals surface area contributed by atoms with Gasteiger partial charge in [-0.25, -0.2) is 4.79 Å². The second-order valence-electron chi connectivity index (χ2n) is 3.90. The van der Waals surface area contributed by atoms with Crippen LogP contribution in [0.4, 0.5) is 13.2 Å². The Labute approximate surface area is 107 Å². The summed E-state index contributed by atoms with van der Waals surface area (Å²) >= 11 is 0. The summed E-state index contributed by atoms with van der Waals surface area (Å²) in [6.07, 6.45) is -5.76. The largest absolute Gasteiger partial charge is 0.478 e. The zero-order valence-corrected chi connectivity index (χ0v) is 9.83. The minimum Gasteiger partial charge on any atom is -0.478 e. The molecule has 1 aromatic carbocycles. The van der Waals surface area contributed by atoms with Crippen molar-refractivity contribution in [1.29, 1.82) is 0 Å². The topological polar surface area (TPSA) is 66.4 Å². The first-order valence-electron chi connectivity index (χ1n) is 5.43. The van der Waals surface area contributed by atoms with Crippen LogP contribution >= 0.6 is 0 Å². The van der Waals surface area contributed by atoms with Crippen LogP contribution in [0.1, 0.15) is 22.3 Å². The van der Waals surface area contributed by atoms with Gasteiger partial charge in [0.25, 0.3) is 0 Å². The highest BCUT2D eigenvalue weighted by atomic mass is 19.4. The Morgan fingerprint density at radius 3 is 2.53 bits per heavy atom. The molecule has 0 bridgehead atoms. The van der Waals surface area contributed by atoms with Crippen molar-refractivity contribution in [1.82, 2.24) is 5.32 Å². The highest BCUT2D eigenvalue weighted by Gasteiger charge is 2.30. The number of hydrogen-bond donors (Lipinski definition) is 2. The maximum Gasteiger partial charge on any atom is 0.397 e. The van der Waals surface area contributed by atoms with Crippen molar-refractivity contribution >= 4 is 11.9 Å². The zero-order valence-electron chi connectivity index (χ0n) is 9.83. The van der Waals surface area contributed by atoms with Gasteiger partial charge in [-0.2, -0.15) is 13.2 Å². The van der Waals surface area contributed by atoms with E-state index in [0.29, 0.717) is 5.56 Å². The number of hydrogen-bond acceptors (Lipinski definition) is 2. The van der Waals surface area contributed by atoms with Crippen LogP contribution in [0.25, 0.3) is 0 Å². The number of rotatable bonds is 5. The summed E-state index contributed by atoms with van der Waals surface area (Å²) in [4.78, 5) is 21.6. The van der Waals surface area contributed by atoms with E-state index in [4.69, 9.17) is 5.11 Å². The third-order valence-corrected chi connectivity index (χ3v) is 2.27. The van der Waals surface area contributed by atoms with Gasteiger partial charge in [0.1, 0.15) is 6.42 Å². The molecule has 1 rings (SSSR count). The summed E-state index contributed by atoms with van der Waals surface area (Å²) in [6.45, 7) is 0.0258. The zero-order chi connectivity index (χ0) is 14.5. The van der Waals surface area contributed by atoms with Crippen molar-refractivity contribution in [2.45, 2.75) is 19.0 Å². The van der Waals surface area contributed by atoms with Gasteiger partial charge >= 0.3 is 12.1 Å². The Hall–Kier alpha value is -2.05. The second-order valence-corrected chi connectivity index (χ2v) is 3.90. The maximum atomic E-state index is 11.9. The van der Waals surface area contributed by atoms with Gasteiger partial charge in [0.05, 0.1) is 5.56 Å². The lowest BCUT2D eigenvalue weighted by atomic mass is 10.1. The highest BCUT2D eigenvalue weighted by Crippen LogP contribution is 2.18. The molecule has 0 heterocycles. The number of halogens is 3. The average Bonchev–Trinajstić information content (AvgIpc) is 2.27. The first kappa shape index (κ1) is 15.0. The van der Waals surface area contributed by atoms with Crippen LogP contribution < -0.4 is 5.32 Å². The van der Waals surface area contributed by atoms with Gasteiger partial charge in [0.15, 0.2) is 0 Å². The van der Waals surface area contributed by atoms with Crippen LogP contribution in [-0.2, 0) is 11.2 Å². The molecule has 4 nitrogen and oxygen atoms in total. The molecule has 2 N–H and O–H groups in total. The van der Waals surface area contributed by atoms with Gasteiger partial charge in [-0.3, -0.25) is 4.79 Å². The van der Waals surface area contributed by atoms with Crippen LogP contribution in [0.15, 0.2) is 24.3 Å². The molecule has 0 aliphatic heterocycles. The summed E-state index contributed by atoms with van der Waals surface area (Å²) in [5, 5.41) is 10.9. The summed E-state index contributed by atoms with van der Waals surface area (Å²) < 4.78 is 35.6. The van der Waals surface area contributed by atoms with Gasteiger partial charge < -0.3 is 10.4 Å². The molecule has 0 aromatic heterocycles. The molecule has 0 aliphatic rings. The lowest BCUT2D eigenvalue weighted by molar-refractivity contribution is -0.153. The van der Waals surface area contributed by atoms with Crippen molar-refractivity contribution in [2.24, 2.45) is 0 Å². The molecule has 0 fully saturated rings. The first-order chi connectivity index (χ1) is 8.78. The number of amides is 1. The number of carboxylic acid groups (broad SMARTS) is 1. The van der Waals surface area contributed by atoms with Crippen LogP contribution in [0.2, 0.25) is 0 Å². The third kappa shape index (κ3) is 5.89. The van der Waals surface area contributed by atoms with E-state index in [1.165, 1.54) is 18.2 Å². The molecule has 1 amide bonds. The smallest absolute Gasteiger partial charge is 0.397 e. The van der Waals surface area contributed by atoms with E-state index in [1.54, 1.807) is 6.07 Å². The lowest BCUT2D eigenvalue weighted by Gasteiger charge is -2.08. The summed E-state index contributed by atoms with van der Waals surface area (Å²) in [5.41, 5.74) is 0.728. The quantitative estimate of drug-likeness (QED) is 0.863. The van der Waals surface area contributed by atoms with Crippen molar-refractivity contribution in [3.8, 4) is 0 Å². The molecular weight excluding hydrogens is 263 g/mol. The Kier molecular flexibility index (Phi) is 4.91. The first-order valence-corrected chi connectivity index (χ1v) is 5.43. The Balaban J connectivity index is 2.43. The average molecular weight is 275 g/mol. The van der Waals surface area contributed by atoms with Gasteiger partial charge in [-0.1, -0.05) is 12.1 Å². The molecule has 1 aromatic rings. The molecule has 0 spiro atoms. The van der Waals surface area contributed by atoms with Gasteiger partial charge in [-0.15, -0.1) is 0 Å². The molecule has 7 heteroatoms.